The molecule has 0 spiro atoms. The Hall–Kier alpha value is -0.830. The smallest absolute Gasteiger partial charge is 0.315 e. The second-order valence-corrected chi connectivity index (χ2v) is 2.32. The maximum atomic E-state index is 10.9. The molecule has 0 bridgehead atoms. The van der Waals surface area contributed by atoms with Crippen molar-refractivity contribution in [2.45, 2.75) is 20.0 Å². The van der Waals surface area contributed by atoms with Gasteiger partial charge in [0.25, 0.3) is 0 Å². The molecular weight excluding hydrogens is 144 g/mol. The van der Waals surface area contributed by atoms with Gasteiger partial charge in [0.05, 0.1) is 13.2 Å². The fourth-order valence-corrected chi connectivity index (χ4v) is 0.780. The van der Waals surface area contributed by atoms with E-state index in [2.05, 4.69) is 4.74 Å². The Labute approximate surface area is 66.7 Å². The molecule has 0 aromatic rings. The van der Waals surface area contributed by atoms with E-state index < -0.39 is 18.0 Å². The Kier molecular flexibility index (Phi) is 4.54. The number of esters is 1. The van der Waals surface area contributed by atoms with Crippen LogP contribution in [0.3, 0.4) is 0 Å². The molecule has 0 fully saturated rings. The quantitative estimate of drug-likeness (QED) is 0.486. The minimum Gasteiger partial charge on any atom is -0.468 e. The molecule has 0 radical (unpaired) electrons. The van der Waals surface area contributed by atoms with E-state index >= 15 is 0 Å². The minimum absolute atomic E-state index is 0.405. The number of ether oxygens (including phenoxy) is 1. The SMILES string of the molecule is C/C=C/[C@H](C(=O)OC)[C@H](C)O. The van der Waals surface area contributed by atoms with Gasteiger partial charge in [-0.3, -0.25) is 4.79 Å². The van der Waals surface area contributed by atoms with Crippen molar-refractivity contribution in [1.29, 1.82) is 0 Å². The number of allylic oxidation sites excluding steroid dienone is 1. The first-order chi connectivity index (χ1) is 5.13. The van der Waals surface area contributed by atoms with E-state index in [1.165, 1.54) is 7.11 Å². The standard InChI is InChI=1S/C8H14O3/c1-4-5-7(6(2)9)8(10)11-3/h4-7,9H,1-3H3/b5-4+/t6-,7-/m0/s1. The summed E-state index contributed by atoms with van der Waals surface area (Å²) >= 11 is 0. The van der Waals surface area contributed by atoms with Gasteiger partial charge in [-0.15, -0.1) is 0 Å². The Morgan fingerprint density at radius 2 is 2.18 bits per heavy atom. The first-order valence-electron chi connectivity index (χ1n) is 3.52. The molecule has 0 heterocycles. The van der Waals surface area contributed by atoms with Crippen LogP contribution in [-0.4, -0.2) is 24.3 Å². The van der Waals surface area contributed by atoms with Crippen molar-refractivity contribution in [3.05, 3.63) is 12.2 Å². The van der Waals surface area contributed by atoms with Gasteiger partial charge in [0, 0.05) is 0 Å². The summed E-state index contributed by atoms with van der Waals surface area (Å²) in [5.74, 6) is -0.942. The third-order valence-electron chi connectivity index (χ3n) is 1.39. The average Bonchev–Trinajstić information content (AvgIpc) is 1.98. The van der Waals surface area contributed by atoms with Crippen LogP contribution < -0.4 is 0 Å². The number of carbonyl (C=O) groups is 1. The lowest BCUT2D eigenvalue weighted by molar-refractivity contribution is -0.146. The lowest BCUT2D eigenvalue weighted by Gasteiger charge is -2.12. The summed E-state index contributed by atoms with van der Waals surface area (Å²) in [5.41, 5.74) is 0. The van der Waals surface area contributed by atoms with E-state index in [-0.39, 0.29) is 0 Å². The summed E-state index contributed by atoms with van der Waals surface area (Å²) < 4.78 is 4.48. The van der Waals surface area contributed by atoms with Crippen molar-refractivity contribution in [3.8, 4) is 0 Å². The molecule has 0 aliphatic heterocycles. The number of aliphatic hydroxyl groups excluding tert-OH is 1. The molecule has 2 atom stereocenters. The second kappa shape index (κ2) is 4.91. The highest BCUT2D eigenvalue weighted by atomic mass is 16.5. The van der Waals surface area contributed by atoms with Gasteiger partial charge in [-0.25, -0.2) is 0 Å². The van der Waals surface area contributed by atoms with Crippen LogP contribution in [0.2, 0.25) is 0 Å². The van der Waals surface area contributed by atoms with Crippen molar-refractivity contribution < 1.29 is 14.6 Å². The van der Waals surface area contributed by atoms with Crippen molar-refractivity contribution >= 4 is 5.97 Å². The number of hydrogen-bond acceptors (Lipinski definition) is 3. The van der Waals surface area contributed by atoms with Crippen LogP contribution in [0.4, 0.5) is 0 Å². The summed E-state index contributed by atoms with van der Waals surface area (Å²) in [5, 5.41) is 9.09. The molecule has 0 saturated heterocycles. The van der Waals surface area contributed by atoms with E-state index in [9.17, 15) is 4.79 Å². The summed E-state index contributed by atoms with van der Waals surface area (Å²) in [6.07, 6.45) is 2.64. The number of rotatable bonds is 3. The fraction of sp³-hybridized carbons (Fsp3) is 0.625. The molecule has 0 rings (SSSR count). The minimum atomic E-state index is -0.696. The first-order valence-corrected chi connectivity index (χ1v) is 3.52. The van der Waals surface area contributed by atoms with Gasteiger partial charge >= 0.3 is 5.97 Å². The van der Waals surface area contributed by atoms with Crippen molar-refractivity contribution in [2.24, 2.45) is 5.92 Å². The van der Waals surface area contributed by atoms with E-state index in [4.69, 9.17) is 5.11 Å². The van der Waals surface area contributed by atoms with Crippen LogP contribution in [0.25, 0.3) is 0 Å². The summed E-state index contributed by atoms with van der Waals surface area (Å²) in [4.78, 5) is 10.9. The molecule has 11 heavy (non-hydrogen) atoms. The molecule has 0 unspecified atom stereocenters. The third kappa shape index (κ3) is 3.18. The summed E-state index contributed by atoms with van der Waals surface area (Å²) in [6, 6.07) is 0. The van der Waals surface area contributed by atoms with Crippen molar-refractivity contribution in [2.75, 3.05) is 7.11 Å². The highest BCUT2D eigenvalue weighted by Crippen LogP contribution is 2.07. The maximum absolute atomic E-state index is 10.9. The number of hydrogen-bond donors (Lipinski definition) is 1. The van der Waals surface area contributed by atoms with Crippen LogP contribution in [0.5, 0.6) is 0 Å². The zero-order chi connectivity index (χ0) is 8.85. The largest absolute Gasteiger partial charge is 0.468 e. The molecular formula is C8H14O3. The van der Waals surface area contributed by atoms with Crippen molar-refractivity contribution in [1.82, 2.24) is 0 Å². The summed E-state index contributed by atoms with van der Waals surface area (Å²) in [6.45, 7) is 3.35. The van der Waals surface area contributed by atoms with Gasteiger partial charge in [-0.1, -0.05) is 12.2 Å². The van der Waals surface area contributed by atoms with E-state index in [0.29, 0.717) is 0 Å². The highest BCUT2D eigenvalue weighted by molar-refractivity contribution is 5.74. The van der Waals surface area contributed by atoms with Crippen LogP contribution >= 0.6 is 0 Å². The van der Waals surface area contributed by atoms with Crippen LogP contribution in [0, 0.1) is 5.92 Å². The number of carbonyl (C=O) groups excluding carboxylic acids is 1. The van der Waals surface area contributed by atoms with Crippen LogP contribution in [0.1, 0.15) is 13.8 Å². The predicted octanol–water partition coefficient (Wildman–Crippen LogP) is 0.732. The van der Waals surface area contributed by atoms with Crippen molar-refractivity contribution in [3.63, 3.8) is 0 Å². The zero-order valence-electron chi connectivity index (χ0n) is 7.07. The Bertz CT molecular complexity index is 149. The molecule has 64 valence electrons. The molecule has 0 aliphatic carbocycles. The van der Waals surface area contributed by atoms with Crippen LogP contribution in [-0.2, 0) is 9.53 Å². The molecule has 3 nitrogen and oxygen atoms in total. The number of methoxy groups -OCH3 is 1. The normalized spacial score (nSPS) is 16.4. The van der Waals surface area contributed by atoms with Gasteiger partial charge in [0.1, 0.15) is 5.92 Å². The van der Waals surface area contributed by atoms with Gasteiger partial charge in [-0.05, 0) is 13.8 Å². The lowest BCUT2D eigenvalue weighted by Crippen LogP contribution is -2.24. The van der Waals surface area contributed by atoms with E-state index in [1.54, 1.807) is 26.0 Å². The Balaban J connectivity index is 4.21. The molecule has 0 aromatic heterocycles. The first kappa shape index (κ1) is 10.2. The lowest BCUT2D eigenvalue weighted by atomic mass is 10.0. The number of aliphatic hydroxyl groups is 1. The molecule has 3 heteroatoms. The molecule has 0 aliphatic rings. The van der Waals surface area contributed by atoms with Gasteiger partial charge in [-0.2, -0.15) is 0 Å². The molecule has 0 amide bonds. The topological polar surface area (TPSA) is 46.5 Å². The van der Waals surface area contributed by atoms with E-state index in [1.807, 2.05) is 0 Å². The fourth-order valence-electron chi connectivity index (χ4n) is 0.780. The van der Waals surface area contributed by atoms with Gasteiger partial charge < -0.3 is 9.84 Å². The van der Waals surface area contributed by atoms with E-state index in [0.717, 1.165) is 0 Å². The third-order valence-corrected chi connectivity index (χ3v) is 1.39. The van der Waals surface area contributed by atoms with Gasteiger partial charge in [0.15, 0.2) is 0 Å². The maximum Gasteiger partial charge on any atom is 0.315 e. The predicted molar refractivity (Wildman–Crippen MR) is 42.0 cm³/mol. The Morgan fingerprint density at radius 1 is 1.64 bits per heavy atom. The van der Waals surface area contributed by atoms with Crippen LogP contribution in [0.15, 0.2) is 12.2 Å². The summed E-state index contributed by atoms with van der Waals surface area (Å²) in [7, 11) is 1.31. The average molecular weight is 158 g/mol. The zero-order valence-corrected chi connectivity index (χ0v) is 7.07. The monoisotopic (exact) mass is 158 g/mol. The highest BCUT2D eigenvalue weighted by Gasteiger charge is 2.20. The molecule has 0 saturated carbocycles. The Morgan fingerprint density at radius 3 is 2.45 bits per heavy atom. The van der Waals surface area contributed by atoms with Gasteiger partial charge in [0.2, 0.25) is 0 Å². The molecule has 1 N–H and O–H groups in total. The second-order valence-electron chi connectivity index (χ2n) is 2.32. The molecule has 0 aromatic carbocycles.